The topological polar surface area (TPSA) is 55.1 Å². The first-order chi connectivity index (χ1) is 12.1. The van der Waals surface area contributed by atoms with Crippen LogP contribution in [0.4, 0.5) is 5.69 Å². The van der Waals surface area contributed by atoms with Crippen LogP contribution in [0.3, 0.4) is 0 Å². The van der Waals surface area contributed by atoms with Crippen LogP contribution in [0.15, 0.2) is 66.7 Å². The Kier molecular flexibility index (Phi) is 3.81. The fourth-order valence-electron chi connectivity index (χ4n) is 3.49. The minimum absolute atomic E-state index is 0.0319. The van der Waals surface area contributed by atoms with E-state index in [9.17, 15) is 4.79 Å². The van der Waals surface area contributed by atoms with Gasteiger partial charge in [0, 0.05) is 22.7 Å². The maximum absolute atomic E-state index is 12.5. The van der Waals surface area contributed by atoms with Gasteiger partial charge in [-0.1, -0.05) is 49.4 Å². The van der Waals surface area contributed by atoms with E-state index in [0.717, 1.165) is 29.3 Å². The van der Waals surface area contributed by atoms with Gasteiger partial charge in [-0.15, -0.1) is 0 Å². The highest BCUT2D eigenvalue weighted by atomic mass is 16.1. The van der Waals surface area contributed by atoms with Crippen molar-refractivity contribution in [1.82, 2.24) is 0 Å². The number of hydrogen-bond acceptors (Lipinski definition) is 2. The molecule has 25 heavy (non-hydrogen) atoms. The Balaban J connectivity index is 1.48. The van der Waals surface area contributed by atoms with Crippen molar-refractivity contribution in [3.05, 3.63) is 77.9 Å². The lowest BCUT2D eigenvalue weighted by Gasteiger charge is -2.10. The van der Waals surface area contributed by atoms with Crippen molar-refractivity contribution in [3.63, 3.8) is 0 Å². The highest BCUT2D eigenvalue weighted by Crippen LogP contribution is 2.51. The van der Waals surface area contributed by atoms with E-state index in [0.29, 0.717) is 11.5 Å². The Labute approximate surface area is 147 Å². The molecule has 0 saturated heterocycles. The first kappa shape index (κ1) is 15.9. The molecule has 3 N–H and O–H groups in total. The quantitative estimate of drug-likeness (QED) is 0.729. The first-order valence-electron chi connectivity index (χ1n) is 8.78. The summed E-state index contributed by atoms with van der Waals surface area (Å²) in [6.45, 7) is 2.14. The fourth-order valence-corrected chi connectivity index (χ4v) is 3.49. The molecule has 1 aliphatic carbocycles. The molecule has 0 aliphatic heterocycles. The van der Waals surface area contributed by atoms with E-state index in [4.69, 9.17) is 5.73 Å². The molecular weight excluding hydrogens is 308 g/mol. The zero-order valence-corrected chi connectivity index (χ0v) is 14.3. The SMILES string of the molecule is CC[C@]1(N)C[C@H]1c1ccc(NC(=O)c2ccc3ccccc3c2)cc1. The number of fused-ring (bicyclic) bond motifs is 1. The summed E-state index contributed by atoms with van der Waals surface area (Å²) in [5, 5.41) is 5.18. The minimum Gasteiger partial charge on any atom is -0.325 e. The lowest BCUT2D eigenvalue weighted by atomic mass is 10.0. The number of nitrogens with two attached hydrogens (primary N) is 1. The number of anilines is 1. The van der Waals surface area contributed by atoms with Gasteiger partial charge in [0.05, 0.1) is 0 Å². The molecule has 0 unspecified atom stereocenters. The monoisotopic (exact) mass is 330 g/mol. The van der Waals surface area contributed by atoms with Crippen LogP contribution in [-0.2, 0) is 0 Å². The van der Waals surface area contributed by atoms with Crippen LogP contribution in [-0.4, -0.2) is 11.4 Å². The minimum atomic E-state index is -0.0911. The standard InChI is InChI=1S/C22H22N2O/c1-2-22(23)14-20(22)16-9-11-19(12-10-16)24-21(25)18-8-7-15-5-3-4-6-17(15)13-18/h3-13,20H,2,14,23H2,1H3,(H,24,25)/t20-,22-/m0/s1. The molecule has 0 heterocycles. The Hall–Kier alpha value is -2.65. The van der Waals surface area contributed by atoms with Crippen molar-refractivity contribution in [2.24, 2.45) is 5.73 Å². The van der Waals surface area contributed by atoms with Crippen molar-refractivity contribution in [3.8, 4) is 0 Å². The maximum Gasteiger partial charge on any atom is 0.255 e. The molecule has 3 aromatic carbocycles. The van der Waals surface area contributed by atoms with Crippen molar-refractivity contribution >= 4 is 22.4 Å². The third-order valence-corrected chi connectivity index (χ3v) is 5.36. The van der Waals surface area contributed by atoms with Crippen molar-refractivity contribution in [1.29, 1.82) is 0 Å². The Morgan fingerprint density at radius 1 is 1.08 bits per heavy atom. The summed E-state index contributed by atoms with van der Waals surface area (Å²) in [4.78, 5) is 12.5. The van der Waals surface area contributed by atoms with E-state index >= 15 is 0 Å². The van der Waals surface area contributed by atoms with E-state index < -0.39 is 0 Å². The highest BCUT2D eigenvalue weighted by Gasteiger charge is 2.49. The molecule has 0 aromatic heterocycles. The molecule has 126 valence electrons. The summed E-state index contributed by atoms with van der Waals surface area (Å²) in [6.07, 6.45) is 2.05. The number of carbonyl (C=O) groups is 1. The van der Waals surface area contributed by atoms with E-state index in [1.807, 2.05) is 54.6 Å². The maximum atomic E-state index is 12.5. The summed E-state index contributed by atoms with van der Waals surface area (Å²) >= 11 is 0. The zero-order chi connectivity index (χ0) is 17.4. The molecule has 0 radical (unpaired) electrons. The number of nitrogens with one attached hydrogen (secondary N) is 1. The first-order valence-corrected chi connectivity index (χ1v) is 8.78. The number of rotatable bonds is 4. The van der Waals surface area contributed by atoms with Crippen LogP contribution in [0.2, 0.25) is 0 Å². The fraction of sp³-hybridized carbons (Fsp3) is 0.227. The van der Waals surface area contributed by atoms with Crippen LogP contribution in [0, 0.1) is 0 Å². The Bertz CT molecular complexity index is 932. The highest BCUT2D eigenvalue weighted by molar-refractivity contribution is 6.06. The largest absolute Gasteiger partial charge is 0.325 e. The van der Waals surface area contributed by atoms with Gasteiger partial charge in [0.15, 0.2) is 0 Å². The summed E-state index contributed by atoms with van der Waals surface area (Å²) in [5.74, 6) is 0.356. The number of hydrogen-bond donors (Lipinski definition) is 2. The number of benzene rings is 3. The molecular formula is C22H22N2O. The van der Waals surface area contributed by atoms with Crippen LogP contribution in [0.25, 0.3) is 10.8 Å². The molecule has 3 heteroatoms. The second-order valence-corrected chi connectivity index (χ2v) is 6.98. The lowest BCUT2D eigenvalue weighted by molar-refractivity contribution is 0.102. The lowest BCUT2D eigenvalue weighted by Crippen LogP contribution is -2.22. The molecule has 0 spiro atoms. The van der Waals surface area contributed by atoms with Gasteiger partial charge in [0.25, 0.3) is 5.91 Å². The molecule has 4 rings (SSSR count). The van der Waals surface area contributed by atoms with Gasteiger partial charge >= 0.3 is 0 Å². The van der Waals surface area contributed by atoms with Crippen LogP contribution < -0.4 is 11.1 Å². The van der Waals surface area contributed by atoms with Crippen LogP contribution >= 0.6 is 0 Å². The summed E-state index contributed by atoms with van der Waals surface area (Å²) in [7, 11) is 0. The molecule has 1 fully saturated rings. The van der Waals surface area contributed by atoms with E-state index in [1.54, 1.807) is 0 Å². The second-order valence-electron chi connectivity index (χ2n) is 6.98. The third-order valence-electron chi connectivity index (χ3n) is 5.36. The average Bonchev–Trinajstić information content (AvgIpc) is 3.34. The number of amides is 1. The van der Waals surface area contributed by atoms with Gasteiger partial charge < -0.3 is 11.1 Å². The molecule has 3 nitrogen and oxygen atoms in total. The van der Waals surface area contributed by atoms with E-state index in [1.165, 1.54) is 5.56 Å². The van der Waals surface area contributed by atoms with Crippen molar-refractivity contribution in [2.75, 3.05) is 5.32 Å². The Morgan fingerprint density at radius 3 is 2.48 bits per heavy atom. The second kappa shape index (κ2) is 6.01. The van der Waals surface area contributed by atoms with Crippen molar-refractivity contribution in [2.45, 2.75) is 31.2 Å². The molecule has 1 amide bonds. The Morgan fingerprint density at radius 2 is 1.80 bits per heavy atom. The van der Waals surface area contributed by atoms with E-state index in [-0.39, 0.29) is 11.4 Å². The smallest absolute Gasteiger partial charge is 0.255 e. The molecule has 3 aromatic rings. The zero-order valence-electron chi connectivity index (χ0n) is 14.3. The molecule has 2 atom stereocenters. The summed E-state index contributed by atoms with van der Waals surface area (Å²) in [6, 6.07) is 21.9. The molecule has 0 bridgehead atoms. The van der Waals surface area contributed by atoms with Crippen LogP contribution in [0.5, 0.6) is 0 Å². The summed E-state index contributed by atoms with van der Waals surface area (Å²) < 4.78 is 0. The van der Waals surface area contributed by atoms with Gasteiger partial charge in [-0.05, 0) is 53.4 Å². The van der Waals surface area contributed by atoms with E-state index in [2.05, 4.69) is 24.4 Å². The van der Waals surface area contributed by atoms with Gasteiger partial charge in [-0.2, -0.15) is 0 Å². The summed E-state index contributed by atoms with van der Waals surface area (Å²) in [5.41, 5.74) is 8.99. The molecule has 1 saturated carbocycles. The van der Waals surface area contributed by atoms with Gasteiger partial charge in [0.2, 0.25) is 0 Å². The molecule has 1 aliphatic rings. The van der Waals surface area contributed by atoms with Crippen molar-refractivity contribution < 1.29 is 4.79 Å². The predicted octanol–water partition coefficient (Wildman–Crippen LogP) is 4.69. The van der Waals surface area contributed by atoms with Crippen LogP contribution in [0.1, 0.15) is 41.6 Å². The third kappa shape index (κ3) is 3.03. The normalized spacial score (nSPS) is 21.9. The average molecular weight is 330 g/mol. The van der Waals surface area contributed by atoms with Gasteiger partial charge in [-0.25, -0.2) is 0 Å². The van der Waals surface area contributed by atoms with Gasteiger partial charge in [-0.3, -0.25) is 4.79 Å². The predicted molar refractivity (Wildman–Crippen MR) is 103 cm³/mol. The number of carbonyl (C=O) groups excluding carboxylic acids is 1. The van der Waals surface area contributed by atoms with Gasteiger partial charge in [0.1, 0.15) is 0 Å².